The van der Waals surface area contributed by atoms with Crippen molar-refractivity contribution in [3.05, 3.63) is 23.8 Å². The van der Waals surface area contributed by atoms with Crippen LogP contribution in [0.1, 0.15) is 17.5 Å². The van der Waals surface area contributed by atoms with Crippen molar-refractivity contribution >= 4 is 5.78 Å². The van der Waals surface area contributed by atoms with Crippen LogP contribution in [0.4, 0.5) is 0 Å². The topological polar surface area (TPSA) is 64.3 Å². The predicted molar refractivity (Wildman–Crippen MR) is 57.1 cm³/mol. The molecule has 1 aliphatic heterocycles. The highest BCUT2D eigenvalue weighted by atomic mass is 16.5. The maximum absolute atomic E-state index is 5.66. The molecule has 6 nitrogen and oxygen atoms in total. The lowest BCUT2D eigenvalue weighted by atomic mass is 10.2. The molecule has 1 aliphatic rings. The molecule has 1 unspecified atom stereocenters. The van der Waals surface area contributed by atoms with Crippen LogP contribution in [0.2, 0.25) is 0 Å². The number of aromatic nitrogens is 4. The smallest absolute Gasteiger partial charge is 0.252 e. The van der Waals surface area contributed by atoms with Crippen molar-refractivity contribution < 1.29 is 4.74 Å². The molecule has 1 atom stereocenters. The monoisotopic (exact) mass is 219 g/mol. The molecule has 0 aromatic carbocycles. The van der Waals surface area contributed by atoms with E-state index in [0.29, 0.717) is 5.78 Å². The van der Waals surface area contributed by atoms with Crippen molar-refractivity contribution in [1.29, 1.82) is 0 Å². The van der Waals surface area contributed by atoms with Crippen LogP contribution in [-0.4, -0.2) is 39.3 Å². The van der Waals surface area contributed by atoms with Crippen LogP contribution >= 0.6 is 0 Å². The molecule has 0 radical (unpaired) electrons. The fraction of sp³-hybridized carbons (Fsp3) is 0.500. The van der Waals surface area contributed by atoms with Crippen LogP contribution in [0.25, 0.3) is 5.78 Å². The molecule has 2 aromatic heterocycles. The lowest BCUT2D eigenvalue weighted by Crippen LogP contribution is -2.33. The van der Waals surface area contributed by atoms with E-state index in [9.17, 15) is 0 Å². The summed E-state index contributed by atoms with van der Waals surface area (Å²) in [5, 5.41) is 7.52. The van der Waals surface area contributed by atoms with Crippen molar-refractivity contribution in [2.45, 2.75) is 13.0 Å². The van der Waals surface area contributed by atoms with E-state index in [1.54, 1.807) is 10.7 Å². The Hall–Kier alpha value is -1.53. The Balaban J connectivity index is 1.97. The third kappa shape index (κ3) is 1.66. The number of hydrogen-bond acceptors (Lipinski definition) is 5. The van der Waals surface area contributed by atoms with Crippen molar-refractivity contribution in [3.63, 3.8) is 0 Å². The second kappa shape index (κ2) is 3.80. The fourth-order valence-corrected chi connectivity index (χ4v) is 1.85. The molecule has 0 bridgehead atoms. The van der Waals surface area contributed by atoms with Gasteiger partial charge in [0.2, 0.25) is 0 Å². The van der Waals surface area contributed by atoms with Crippen LogP contribution in [0.3, 0.4) is 0 Å². The van der Waals surface area contributed by atoms with Gasteiger partial charge in [0.05, 0.1) is 12.7 Å². The second-order valence-electron chi connectivity index (χ2n) is 3.85. The molecule has 1 fully saturated rings. The Morgan fingerprint density at radius 2 is 2.50 bits per heavy atom. The Kier molecular flexibility index (Phi) is 2.30. The lowest BCUT2D eigenvalue weighted by Gasteiger charge is -2.23. The van der Waals surface area contributed by atoms with Gasteiger partial charge in [0.1, 0.15) is 5.82 Å². The molecule has 0 saturated carbocycles. The molecule has 2 aromatic rings. The summed E-state index contributed by atoms with van der Waals surface area (Å²) in [5.41, 5.74) is 1.03. The second-order valence-corrected chi connectivity index (χ2v) is 3.85. The Morgan fingerprint density at radius 1 is 1.56 bits per heavy atom. The van der Waals surface area contributed by atoms with Crippen LogP contribution in [-0.2, 0) is 4.74 Å². The predicted octanol–water partition coefficient (Wildman–Crippen LogP) is 0.0936. The zero-order valence-electron chi connectivity index (χ0n) is 9.05. The first-order valence-corrected chi connectivity index (χ1v) is 5.34. The van der Waals surface area contributed by atoms with Crippen molar-refractivity contribution in [3.8, 4) is 0 Å². The Bertz CT molecular complexity index is 503. The van der Waals surface area contributed by atoms with Crippen molar-refractivity contribution in [2.75, 3.05) is 19.7 Å². The van der Waals surface area contributed by atoms with Gasteiger partial charge in [0, 0.05) is 31.0 Å². The van der Waals surface area contributed by atoms with Crippen LogP contribution in [0, 0.1) is 6.92 Å². The summed E-state index contributed by atoms with van der Waals surface area (Å²) in [6.07, 6.45) is 3.80. The molecule has 1 saturated heterocycles. The number of hydrogen-bond donors (Lipinski definition) is 1. The number of nitrogens with one attached hydrogen (secondary N) is 1. The summed E-state index contributed by atoms with van der Waals surface area (Å²) in [5.74, 6) is 1.36. The van der Waals surface area contributed by atoms with E-state index < -0.39 is 0 Å². The van der Waals surface area contributed by atoms with Crippen molar-refractivity contribution in [1.82, 2.24) is 24.9 Å². The number of aryl methyl sites for hydroxylation is 1. The van der Waals surface area contributed by atoms with Gasteiger partial charge in [-0.1, -0.05) is 0 Å². The van der Waals surface area contributed by atoms with Gasteiger partial charge >= 0.3 is 0 Å². The number of rotatable bonds is 1. The first-order valence-electron chi connectivity index (χ1n) is 5.34. The molecule has 3 rings (SSSR count). The molecule has 1 N–H and O–H groups in total. The van der Waals surface area contributed by atoms with Gasteiger partial charge in [0.25, 0.3) is 5.78 Å². The first kappa shape index (κ1) is 9.68. The molecule has 0 spiro atoms. The highest BCUT2D eigenvalue weighted by molar-refractivity contribution is 5.28. The minimum absolute atomic E-state index is 0.0650. The minimum atomic E-state index is 0.0650. The molecule has 16 heavy (non-hydrogen) atoms. The van der Waals surface area contributed by atoms with E-state index >= 15 is 0 Å². The van der Waals surface area contributed by atoms with E-state index in [0.717, 1.165) is 31.1 Å². The molecule has 0 amide bonds. The SMILES string of the molecule is Cc1nc2ncc(C3CNCCO3)cn2n1. The van der Waals surface area contributed by atoms with Gasteiger partial charge < -0.3 is 10.1 Å². The number of fused-ring (bicyclic) bond motifs is 1. The summed E-state index contributed by atoms with van der Waals surface area (Å²) in [7, 11) is 0. The summed E-state index contributed by atoms with van der Waals surface area (Å²) in [4.78, 5) is 8.44. The van der Waals surface area contributed by atoms with Gasteiger partial charge in [0.15, 0.2) is 0 Å². The summed E-state index contributed by atoms with van der Waals surface area (Å²) in [6, 6.07) is 0. The van der Waals surface area contributed by atoms with Gasteiger partial charge in [-0.3, -0.25) is 0 Å². The summed E-state index contributed by atoms with van der Waals surface area (Å²) < 4.78 is 7.35. The van der Waals surface area contributed by atoms with E-state index in [1.807, 2.05) is 13.1 Å². The molecule has 6 heteroatoms. The zero-order valence-corrected chi connectivity index (χ0v) is 9.05. The fourth-order valence-electron chi connectivity index (χ4n) is 1.85. The maximum Gasteiger partial charge on any atom is 0.252 e. The van der Waals surface area contributed by atoms with Gasteiger partial charge in [-0.25, -0.2) is 9.50 Å². The number of morpholine rings is 1. The summed E-state index contributed by atoms with van der Waals surface area (Å²) in [6.45, 7) is 4.32. The van der Waals surface area contributed by atoms with Crippen LogP contribution < -0.4 is 5.32 Å². The van der Waals surface area contributed by atoms with E-state index in [4.69, 9.17) is 4.74 Å². The van der Waals surface area contributed by atoms with E-state index in [2.05, 4.69) is 20.4 Å². The highest BCUT2D eigenvalue weighted by Crippen LogP contribution is 2.17. The van der Waals surface area contributed by atoms with Gasteiger partial charge in [-0.05, 0) is 6.92 Å². The lowest BCUT2D eigenvalue weighted by molar-refractivity contribution is 0.0272. The largest absolute Gasteiger partial charge is 0.371 e. The maximum atomic E-state index is 5.66. The molecular formula is C10H13N5O. The third-order valence-electron chi connectivity index (χ3n) is 2.62. The molecular weight excluding hydrogens is 206 g/mol. The number of ether oxygens (including phenoxy) is 1. The molecule has 3 heterocycles. The van der Waals surface area contributed by atoms with Crippen molar-refractivity contribution in [2.24, 2.45) is 0 Å². The van der Waals surface area contributed by atoms with E-state index in [1.165, 1.54) is 0 Å². The average Bonchev–Trinajstić information content (AvgIpc) is 2.69. The minimum Gasteiger partial charge on any atom is -0.371 e. The molecule has 0 aliphatic carbocycles. The molecule has 84 valence electrons. The van der Waals surface area contributed by atoms with Gasteiger partial charge in [-0.2, -0.15) is 10.1 Å². The number of nitrogens with zero attached hydrogens (tertiary/aromatic N) is 4. The Labute approximate surface area is 92.7 Å². The normalized spacial score (nSPS) is 21.4. The van der Waals surface area contributed by atoms with Gasteiger partial charge in [-0.15, -0.1) is 0 Å². The highest BCUT2D eigenvalue weighted by Gasteiger charge is 2.16. The zero-order chi connectivity index (χ0) is 11.0. The van der Waals surface area contributed by atoms with Crippen LogP contribution in [0.15, 0.2) is 12.4 Å². The quantitative estimate of drug-likeness (QED) is 0.736. The summed E-state index contributed by atoms with van der Waals surface area (Å²) >= 11 is 0. The average molecular weight is 219 g/mol. The van der Waals surface area contributed by atoms with Crippen LogP contribution in [0.5, 0.6) is 0 Å². The first-order chi connectivity index (χ1) is 7.83. The standard InChI is InChI=1S/C10H13N5O/c1-7-13-10-12-4-8(6-15(10)14-7)9-5-11-2-3-16-9/h4,6,9,11H,2-3,5H2,1H3. The Morgan fingerprint density at radius 3 is 3.31 bits per heavy atom. The third-order valence-corrected chi connectivity index (χ3v) is 2.62. The van der Waals surface area contributed by atoms with E-state index in [-0.39, 0.29) is 6.10 Å².